The average molecular weight is 338 g/mol. The molecule has 0 atom stereocenters. The van der Waals surface area contributed by atoms with E-state index in [0.717, 1.165) is 4.47 Å². The monoisotopic (exact) mass is 336 g/mol. The van der Waals surface area contributed by atoms with E-state index < -0.39 is 5.82 Å². The molecular formula is C10H11Br2FN2. The third-order valence-electron chi connectivity index (χ3n) is 1.43. The van der Waals surface area contributed by atoms with Gasteiger partial charge in [0.2, 0.25) is 0 Å². The maximum Gasteiger partial charge on any atom is 0.164 e. The summed E-state index contributed by atoms with van der Waals surface area (Å²) in [6, 6.07) is 3.22. The molecule has 0 amide bonds. The quantitative estimate of drug-likeness (QED) is 0.495. The molecule has 0 N–H and O–H groups in total. The first-order valence-electron chi connectivity index (χ1n) is 4.37. The zero-order chi connectivity index (χ0) is 11.6. The number of nitrogens with zero attached hydrogens (tertiary/aromatic N) is 2. The molecule has 0 fully saturated rings. The Balaban J connectivity index is 3.10. The van der Waals surface area contributed by atoms with Gasteiger partial charge in [-0.3, -0.25) is 0 Å². The third kappa shape index (κ3) is 3.99. The number of hydrogen-bond donors (Lipinski definition) is 0. The molecule has 1 rings (SSSR count). The van der Waals surface area contributed by atoms with E-state index in [-0.39, 0.29) is 11.2 Å². The third-order valence-corrected chi connectivity index (χ3v) is 2.47. The molecule has 0 aliphatic carbocycles. The first kappa shape index (κ1) is 12.8. The minimum atomic E-state index is -0.397. The lowest BCUT2D eigenvalue weighted by atomic mass is 10.1. The Morgan fingerprint density at radius 3 is 2.33 bits per heavy atom. The number of hydrogen-bond acceptors (Lipinski definition) is 2. The summed E-state index contributed by atoms with van der Waals surface area (Å²) in [5.74, 6) is -0.397. The second-order valence-corrected chi connectivity index (χ2v) is 5.86. The first-order valence-corrected chi connectivity index (χ1v) is 5.95. The van der Waals surface area contributed by atoms with Gasteiger partial charge in [-0.25, -0.2) is 4.39 Å². The predicted octanol–water partition coefficient (Wildman–Crippen LogP) is 5.23. The van der Waals surface area contributed by atoms with E-state index in [1.807, 2.05) is 20.8 Å². The molecule has 5 heteroatoms. The summed E-state index contributed by atoms with van der Waals surface area (Å²) < 4.78 is 14.7. The average Bonchev–Trinajstić information content (AvgIpc) is 2.07. The van der Waals surface area contributed by atoms with E-state index >= 15 is 0 Å². The highest BCUT2D eigenvalue weighted by Gasteiger charge is 2.10. The Bertz CT molecular complexity index is 397. The van der Waals surface area contributed by atoms with Crippen LogP contribution in [0, 0.1) is 5.82 Å². The van der Waals surface area contributed by atoms with E-state index in [1.165, 1.54) is 0 Å². The largest absolute Gasteiger partial charge is 0.203 e. The number of benzene rings is 1. The summed E-state index contributed by atoms with van der Waals surface area (Å²) in [5, 5.41) is 7.90. The molecule has 0 aliphatic rings. The van der Waals surface area contributed by atoms with Gasteiger partial charge in [0.15, 0.2) is 5.82 Å². The smallest absolute Gasteiger partial charge is 0.164 e. The molecule has 15 heavy (non-hydrogen) atoms. The van der Waals surface area contributed by atoms with Crippen molar-refractivity contribution in [2.45, 2.75) is 26.3 Å². The summed E-state index contributed by atoms with van der Waals surface area (Å²) >= 11 is 6.38. The maximum absolute atomic E-state index is 13.5. The minimum absolute atomic E-state index is 0.228. The molecule has 1 aromatic carbocycles. The molecular weight excluding hydrogens is 327 g/mol. The van der Waals surface area contributed by atoms with Crippen LogP contribution in [0.3, 0.4) is 0 Å². The van der Waals surface area contributed by atoms with Gasteiger partial charge in [0.25, 0.3) is 0 Å². The van der Waals surface area contributed by atoms with Crippen LogP contribution in [0.5, 0.6) is 0 Å². The highest BCUT2D eigenvalue weighted by molar-refractivity contribution is 9.11. The van der Waals surface area contributed by atoms with Crippen molar-refractivity contribution in [1.82, 2.24) is 0 Å². The molecule has 0 heterocycles. The van der Waals surface area contributed by atoms with Crippen LogP contribution in [0.15, 0.2) is 31.3 Å². The second kappa shape index (κ2) is 4.70. The van der Waals surface area contributed by atoms with E-state index in [2.05, 4.69) is 42.1 Å². The topological polar surface area (TPSA) is 24.7 Å². The summed E-state index contributed by atoms with van der Waals surface area (Å²) in [4.78, 5) is 0. The molecule has 82 valence electrons. The van der Waals surface area contributed by atoms with E-state index in [4.69, 9.17) is 0 Å². The molecule has 0 radical (unpaired) electrons. The molecule has 0 spiro atoms. The highest BCUT2D eigenvalue weighted by Crippen LogP contribution is 2.30. The van der Waals surface area contributed by atoms with Crippen molar-refractivity contribution < 1.29 is 4.39 Å². The predicted molar refractivity (Wildman–Crippen MR) is 66.1 cm³/mol. The van der Waals surface area contributed by atoms with Crippen LogP contribution in [0.4, 0.5) is 10.1 Å². The lowest BCUT2D eigenvalue weighted by Gasteiger charge is -2.09. The van der Waals surface area contributed by atoms with Gasteiger partial charge >= 0.3 is 0 Å². The van der Waals surface area contributed by atoms with Crippen molar-refractivity contribution in [2.75, 3.05) is 0 Å². The molecule has 0 aliphatic heterocycles. The second-order valence-electron chi connectivity index (χ2n) is 4.09. The van der Waals surface area contributed by atoms with Crippen LogP contribution in [-0.2, 0) is 0 Å². The van der Waals surface area contributed by atoms with Gasteiger partial charge in [-0.15, -0.1) is 0 Å². The number of halogens is 3. The van der Waals surface area contributed by atoms with E-state index in [9.17, 15) is 4.39 Å². The van der Waals surface area contributed by atoms with Crippen LogP contribution in [-0.4, -0.2) is 5.54 Å². The summed E-state index contributed by atoms with van der Waals surface area (Å²) in [7, 11) is 0. The van der Waals surface area contributed by atoms with Gasteiger partial charge in [-0.1, -0.05) is 15.9 Å². The van der Waals surface area contributed by atoms with Gasteiger partial charge in [0.1, 0.15) is 5.69 Å². The lowest BCUT2D eigenvalue weighted by Crippen LogP contribution is -2.07. The zero-order valence-electron chi connectivity index (χ0n) is 8.68. The van der Waals surface area contributed by atoms with E-state index in [0.29, 0.717) is 4.47 Å². The van der Waals surface area contributed by atoms with Gasteiger partial charge in [0.05, 0.1) is 10.0 Å². The molecule has 0 saturated carbocycles. The Morgan fingerprint density at radius 2 is 1.80 bits per heavy atom. The van der Waals surface area contributed by atoms with Crippen molar-refractivity contribution >= 4 is 37.5 Å². The van der Waals surface area contributed by atoms with Crippen LogP contribution in [0.1, 0.15) is 20.8 Å². The van der Waals surface area contributed by atoms with Crippen LogP contribution in [0.25, 0.3) is 0 Å². The Kier molecular flexibility index (Phi) is 4.00. The molecule has 0 saturated heterocycles. The molecule has 0 aromatic heterocycles. The molecule has 0 unspecified atom stereocenters. The highest BCUT2D eigenvalue weighted by atomic mass is 79.9. The Morgan fingerprint density at radius 1 is 1.20 bits per heavy atom. The summed E-state index contributed by atoms with van der Waals surface area (Å²) in [6.07, 6.45) is 0. The Labute approximate surface area is 105 Å². The number of azo groups is 1. The van der Waals surface area contributed by atoms with Gasteiger partial charge in [0, 0.05) is 4.47 Å². The van der Waals surface area contributed by atoms with Crippen LogP contribution in [0.2, 0.25) is 0 Å². The van der Waals surface area contributed by atoms with Crippen LogP contribution >= 0.6 is 31.9 Å². The zero-order valence-corrected chi connectivity index (χ0v) is 11.9. The fourth-order valence-electron chi connectivity index (χ4n) is 0.819. The van der Waals surface area contributed by atoms with Crippen LogP contribution < -0.4 is 0 Å². The number of rotatable bonds is 1. The fraction of sp³-hybridized carbons (Fsp3) is 0.400. The van der Waals surface area contributed by atoms with Gasteiger partial charge < -0.3 is 0 Å². The molecule has 2 nitrogen and oxygen atoms in total. The van der Waals surface area contributed by atoms with Crippen molar-refractivity contribution in [2.24, 2.45) is 10.2 Å². The SMILES string of the molecule is CC(C)(C)N=Nc1cc(Br)cc(Br)c1F. The standard InChI is InChI=1S/C10H11Br2FN2/c1-10(2,3)15-14-8-5-6(11)4-7(12)9(8)13/h4-5H,1-3H3. The first-order chi connectivity index (χ1) is 6.79. The van der Waals surface area contributed by atoms with Gasteiger partial charge in [-0.2, -0.15) is 10.2 Å². The van der Waals surface area contributed by atoms with Crippen molar-refractivity contribution in [3.05, 3.63) is 26.9 Å². The normalized spacial score (nSPS) is 12.4. The fourth-order valence-corrected chi connectivity index (χ4v) is 2.02. The van der Waals surface area contributed by atoms with E-state index in [1.54, 1.807) is 12.1 Å². The molecule has 0 bridgehead atoms. The van der Waals surface area contributed by atoms with Crippen molar-refractivity contribution in [3.8, 4) is 0 Å². The van der Waals surface area contributed by atoms with Gasteiger partial charge in [-0.05, 0) is 48.8 Å². The Hall–Kier alpha value is -0.290. The molecule has 1 aromatic rings. The summed E-state index contributed by atoms with van der Waals surface area (Å²) in [6.45, 7) is 5.71. The van der Waals surface area contributed by atoms with Crippen molar-refractivity contribution in [1.29, 1.82) is 0 Å². The minimum Gasteiger partial charge on any atom is -0.203 e. The summed E-state index contributed by atoms with van der Waals surface area (Å²) in [5.41, 5.74) is -0.0764. The lowest BCUT2D eigenvalue weighted by molar-refractivity contribution is 0.547. The maximum atomic E-state index is 13.5. The van der Waals surface area contributed by atoms with Crippen molar-refractivity contribution in [3.63, 3.8) is 0 Å².